The Balaban J connectivity index is 1.64. The van der Waals surface area contributed by atoms with Gasteiger partial charge in [-0.2, -0.15) is 0 Å². The van der Waals surface area contributed by atoms with Crippen LogP contribution in [0.4, 0.5) is 5.69 Å². The minimum absolute atomic E-state index is 0.245. The molecule has 0 unspecified atom stereocenters. The molecule has 0 aliphatic heterocycles. The molecule has 2 N–H and O–H groups in total. The molecule has 1 aromatic heterocycles. The molecule has 114 valence electrons. The Labute approximate surface area is 141 Å². The van der Waals surface area contributed by atoms with Gasteiger partial charge in [0.1, 0.15) is 6.33 Å². The first-order valence-corrected chi connectivity index (χ1v) is 7.70. The Morgan fingerprint density at radius 1 is 1.17 bits per heavy atom. The van der Waals surface area contributed by atoms with Crippen LogP contribution in [0, 0.1) is 0 Å². The van der Waals surface area contributed by atoms with Crippen LogP contribution in [0.3, 0.4) is 0 Å². The lowest BCUT2D eigenvalue weighted by Crippen LogP contribution is -2.27. The van der Waals surface area contributed by atoms with Crippen LogP contribution in [0.5, 0.6) is 0 Å². The van der Waals surface area contributed by atoms with Crippen molar-refractivity contribution in [3.05, 3.63) is 71.1 Å². The highest BCUT2D eigenvalue weighted by Gasteiger charge is 2.00. The number of para-hydroxylation sites is 1. The summed E-state index contributed by atoms with van der Waals surface area (Å²) < 4.78 is 0.874. The van der Waals surface area contributed by atoms with Crippen molar-refractivity contribution in [2.75, 3.05) is 5.43 Å². The zero-order valence-corrected chi connectivity index (χ0v) is 13.6. The van der Waals surface area contributed by atoms with Gasteiger partial charge in [0, 0.05) is 22.1 Å². The number of aromatic nitrogens is 2. The van der Waals surface area contributed by atoms with Gasteiger partial charge < -0.3 is 0 Å². The fourth-order valence-corrected chi connectivity index (χ4v) is 2.40. The number of nitrogens with one attached hydrogen (secondary N) is 2. The van der Waals surface area contributed by atoms with Crippen molar-refractivity contribution in [3.63, 3.8) is 0 Å². The minimum atomic E-state index is -0.245. The van der Waals surface area contributed by atoms with Gasteiger partial charge in [-0.25, -0.2) is 9.97 Å². The number of hydrogen-bond donors (Lipinski definition) is 2. The highest BCUT2D eigenvalue weighted by atomic mass is 79.9. The van der Waals surface area contributed by atoms with Crippen molar-refractivity contribution < 1.29 is 4.79 Å². The normalized spacial score (nSPS) is 10.8. The lowest BCUT2D eigenvalue weighted by Gasteiger charge is -2.07. The monoisotopic (exact) mass is 368 g/mol. The lowest BCUT2D eigenvalue weighted by molar-refractivity contribution is -0.115. The fourth-order valence-electron chi connectivity index (χ4n) is 2.01. The number of carbonyl (C=O) groups excluding carboxylic acids is 1. The number of hydrogen-bond acceptors (Lipinski definition) is 4. The maximum atomic E-state index is 11.9. The summed E-state index contributed by atoms with van der Waals surface area (Å²) >= 11 is 3.40. The molecule has 1 amide bonds. The zero-order chi connectivity index (χ0) is 16.1. The van der Waals surface area contributed by atoms with Crippen LogP contribution in [-0.2, 0) is 4.79 Å². The summed E-state index contributed by atoms with van der Waals surface area (Å²) in [6, 6.07) is 13.3. The average molecular weight is 369 g/mol. The van der Waals surface area contributed by atoms with E-state index in [9.17, 15) is 4.79 Å². The van der Waals surface area contributed by atoms with Crippen molar-refractivity contribution in [1.29, 1.82) is 0 Å². The molecule has 0 saturated heterocycles. The van der Waals surface area contributed by atoms with E-state index in [4.69, 9.17) is 0 Å². The molecule has 0 radical (unpaired) electrons. The van der Waals surface area contributed by atoms with E-state index in [0.29, 0.717) is 0 Å². The van der Waals surface area contributed by atoms with Crippen LogP contribution < -0.4 is 10.9 Å². The number of carbonyl (C=O) groups is 1. The quantitative estimate of drug-likeness (QED) is 0.545. The van der Waals surface area contributed by atoms with Crippen LogP contribution in [0.1, 0.15) is 5.56 Å². The third-order valence-electron chi connectivity index (χ3n) is 3.15. The number of benzene rings is 2. The molecule has 3 rings (SSSR count). The van der Waals surface area contributed by atoms with Gasteiger partial charge in [-0.05, 0) is 51.8 Å². The van der Waals surface area contributed by atoms with E-state index in [-0.39, 0.29) is 5.91 Å². The number of amides is 1. The van der Waals surface area contributed by atoms with E-state index in [0.717, 1.165) is 26.6 Å². The second-order valence-corrected chi connectivity index (χ2v) is 5.62. The van der Waals surface area contributed by atoms with Crippen molar-refractivity contribution in [2.45, 2.75) is 0 Å². The third kappa shape index (κ3) is 3.92. The Morgan fingerprint density at radius 2 is 2.04 bits per heavy atom. The summed E-state index contributed by atoms with van der Waals surface area (Å²) in [6.45, 7) is 0. The van der Waals surface area contributed by atoms with E-state index in [2.05, 4.69) is 36.7 Å². The fraction of sp³-hybridized carbons (Fsp3) is 0. The van der Waals surface area contributed by atoms with Gasteiger partial charge in [0.05, 0.1) is 11.2 Å². The summed E-state index contributed by atoms with van der Waals surface area (Å²) in [5.41, 5.74) is 8.04. The van der Waals surface area contributed by atoms with Crippen molar-refractivity contribution in [1.82, 2.24) is 15.4 Å². The van der Waals surface area contributed by atoms with Gasteiger partial charge in [0.25, 0.3) is 5.91 Å². The molecule has 0 atom stereocenters. The summed E-state index contributed by atoms with van der Waals surface area (Å²) in [5.74, 6) is -0.245. The largest absolute Gasteiger partial charge is 0.297 e. The van der Waals surface area contributed by atoms with Gasteiger partial charge in [-0.15, -0.1) is 0 Å². The summed E-state index contributed by atoms with van der Waals surface area (Å²) in [7, 11) is 0. The number of rotatable bonds is 4. The maximum Gasteiger partial charge on any atom is 0.262 e. The van der Waals surface area contributed by atoms with Gasteiger partial charge >= 0.3 is 0 Å². The zero-order valence-electron chi connectivity index (χ0n) is 12.0. The third-order valence-corrected chi connectivity index (χ3v) is 3.84. The van der Waals surface area contributed by atoms with Gasteiger partial charge in [-0.3, -0.25) is 15.6 Å². The van der Waals surface area contributed by atoms with Crippen molar-refractivity contribution in [3.8, 4) is 0 Å². The molecule has 0 aliphatic rings. The molecule has 0 spiro atoms. The SMILES string of the molecule is O=C(C=Cc1ccc2ncncc2c1)NNc1ccccc1Br. The number of anilines is 1. The summed E-state index contributed by atoms with van der Waals surface area (Å²) in [6.07, 6.45) is 6.46. The number of halogens is 1. The second-order valence-electron chi connectivity index (χ2n) is 4.77. The predicted octanol–water partition coefficient (Wildman–Crippen LogP) is 3.55. The molecule has 0 fully saturated rings. The van der Waals surface area contributed by atoms with Gasteiger partial charge in [0.2, 0.25) is 0 Å². The van der Waals surface area contributed by atoms with Crippen LogP contribution in [0.2, 0.25) is 0 Å². The molecule has 23 heavy (non-hydrogen) atoms. The van der Waals surface area contributed by atoms with E-state index < -0.39 is 0 Å². The maximum absolute atomic E-state index is 11.9. The first-order chi connectivity index (χ1) is 11.2. The Hall–Kier alpha value is -2.73. The number of hydrazine groups is 1. The Bertz CT molecular complexity index is 879. The van der Waals surface area contributed by atoms with Crippen LogP contribution in [-0.4, -0.2) is 15.9 Å². The Morgan fingerprint density at radius 3 is 2.91 bits per heavy atom. The van der Waals surface area contributed by atoms with E-state index in [1.165, 1.54) is 12.4 Å². The highest BCUT2D eigenvalue weighted by molar-refractivity contribution is 9.10. The Kier molecular flexibility index (Phi) is 4.63. The second kappa shape index (κ2) is 7.02. The molecule has 1 heterocycles. The topological polar surface area (TPSA) is 66.9 Å². The molecule has 6 heteroatoms. The molecule has 0 bridgehead atoms. The van der Waals surface area contributed by atoms with E-state index in [1.54, 1.807) is 12.3 Å². The van der Waals surface area contributed by atoms with Crippen molar-refractivity contribution in [2.24, 2.45) is 0 Å². The molecule has 5 nitrogen and oxygen atoms in total. The number of fused-ring (bicyclic) bond motifs is 1. The predicted molar refractivity (Wildman–Crippen MR) is 94.5 cm³/mol. The van der Waals surface area contributed by atoms with Crippen LogP contribution in [0.15, 0.2) is 65.5 Å². The minimum Gasteiger partial charge on any atom is -0.297 e. The van der Waals surface area contributed by atoms with Crippen LogP contribution >= 0.6 is 15.9 Å². The first kappa shape index (κ1) is 15.2. The molecular formula is C17H13BrN4O. The van der Waals surface area contributed by atoms with Crippen LogP contribution in [0.25, 0.3) is 17.0 Å². The van der Waals surface area contributed by atoms with E-state index >= 15 is 0 Å². The summed E-state index contributed by atoms with van der Waals surface area (Å²) in [4.78, 5) is 20.0. The highest BCUT2D eigenvalue weighted by Crippen LogP contribution is 2.20. The van der Waals surface area contributed by atoms with Gasteiger partial charge in [-0.1, -0.05) is 18.2 Å². The first-order valence-electron chi connectivity index (χ1n) is 6.91. The molecule has 3 aromatic rings. The standard InChI is InChI=1S/C17H13BrN4O/c18-14-3-1-2-4-16(14)21-22-17(23)8-6-12-5-7-15-13(9-12)10-19-11-20-15/h1-11,21H,(H,22,23). The molecular weight excluding hydrogens is 356 g/mol. The molecule has 2 aromatic carbocycles. The van der Waals surface area contributed by atoms with Crippen molar-refractivity contribution >= 4 is 44.5 Å². The smallest absolute Gasteiger partial charge is 0.262 e. The average Bonchev–Trinajstić information content (AvgIpc) is 2.59. The lowest BCUT2D eigenvalue weighted by atomic mass is 10.1. The van der Waals surface area contributed by atoms with Gasteiger partial charge in [0.15, 0.2) is 0 Å². The molecule has 0 aliphatic carbocycles. The molecule has 0 saturated carbocycles. The summed E-state index contributed by atoms with van der Waals surface area (Å²) in [5, 5.41) is 0.932. The number of nitrogens with zero attached hydrogens (tertiary/aromatic N) is 2. The van der Waals surface area contributed by atoms with E-state index in [1.807, 2.05) is 42.5 Å².